The van der Waals surface area contributed by atoms with Gasteiger partial charge < -0.3 is 9.84 Å². The Hall–Kier alpha value is -2.22. The van der Waals surface area contributed by atoms with Crippen LogP contribution in [0.5, 0.6) is 0 Å². The van der Waals surface area contributed by atoms with E-state index in [-0.39, 0.29) is 16.1 Å². The number of anilines is 1. The molecule has 6 nitrogen and oxygen atoms in total. The van der Waals surface area contributed by atoms with Crippen molar-refractivity contribution in [3.63, 3.8) is 0 Å². The van der Waals surface area contributed by atoms with Crippen molar-refractivity contribution in [2.24, 2.45) is 0 Å². The lowest BCUT2D eigenvalue weighted by Crippen LogP contribution is -2.44. The molecule has 1 amide bonds. The fourth-order valence-electron chi connectivity index (χ4n) is 1.98. The van der Waals surface area contributed by atoms with E-state index >= 15 is 0 Å². The molecule has 0 saturated carbocycles. The van der Waals surface area contributed by atoms with Gasteiger partial charge in [0.15, 0.2) is 15.7 Å². The van der Waals surface area contributed by atoms with Crippen molar-refractivity contribution in [2.75, 3.05) is 5.32 Å². The number of halogens is 1. The molecule has 0 aliphatic carbocycles. The molecule has 2 aromatic rings. The minimum atomic E-state index is -4.03. The summed E-state index contributed by atoms with van der Waals surface area (Å²) in [6.07, 6.45) is 0. The van der Waals surface area contributed by atoms with E-state index < -0.39 is 26.3 Å². The predicted molar refractivity (Wildman–Crippen MR) is 91.5 cm³/mol. The number of nitrogens with zero attached hydrogens (tertiary/aromatic N) is 1. The highest BCUT2D eigenvalue weighted by Gasteiger charge is 2.43. The largest absolute Gasteiger partial charge is 0.359 e. The van der Waals surface area contributed by atoms with E-state index in [1.807, 2.05) is 20.8 Å². The van der Waals surface area contributed by atoms with Crippen LogP contribution >= 0.6 is 0 Å². The number of benzene rings is 1. The van der Waals surface area contributed by atoms with Crippen molar-refractivity contribution in [3.8, 4) is 0 Å². The maximum Gasteiger partial charge on any atom is 0.246 e. The number of hydrogen-bond donors (Lipinski definition) is 1. The molecule has 1 heterocycles. The van der Waals surface area contributed by atoms with E-state index in [2.05, 4.69) is 10.5 Å². The lowest BCUT2D eigenvalue weighted by molar-refractivity contribution is -0.117. The molecule has 0 aliphatic heterocycles. The number of sulfone groups is 1. The normalized spacial score (nSPS) is 12.9. The van der Waals surface area contributed by atoms with E-state index in [1.54, 1.807) is 6.07 Å². The molecule has 136 valence electrons. The summed E-state index contributed by atoms with van der Waals surface area (Å²) in [7, 11) is -4.03. The SMILES string of the molecule is CC(C)(C)c1cc(NC(=O)C(C)(C)S(=O)(=O)c2ccc(F)cc2)no1. The lowest BCUT2D eigenvalue weighted by Gasteiger charge is -2.23. The summed E-state index contributed by atoms with van der Waals surface area (Å²) in [5.74, 6) is -0.622. The molecule has 0 spiro atoms. The van der Waals surface area contributed by atoms with E-state index in [4.69, 9.17) is 4.52 Å². The zero-order valence-corrected chi connectivity index (χ0v) is 15.6. The van der Waals surface area contributed by atoms with E-state index in [9.17, 15) is 17.6 Å². The van der Waals surface area contributed by atoms with Crippen LogP contribution in [0.2, 0.25) is 0 Å². The van der Waals surface area contributed by atoms with Crippen LogP contribution in [0.25, 0.3) is 0 Å². The number of carbonyl (C=O) groups is 1. The lowest BCUT2D eigenvalue weighted by atomic mass is 9.93. The van der Waals surface area contributed by atoms with Crippen LogP contribution in [0.1, 0.15) is 40.4 Å². The first kappa shape index (κ1) is 19.1. The predicted octanol–water partition coefficient (Wildman–Crippen LogP) is 3.30. The standard InChI is InChI=1S/C17H21FN2O4S/c1-16(2,3)13-10-14(20-24-13)19-15(21)17(4,5)25(22,23)12-8-6-11(18)7-9-12/h6-10H,1-5H3,(H,19,20,21). The summed E-state index contributed by atoms with van der Waals surface area (Å²) in [4.78, 5) is 12.4. The molecule has 2 rings (SSSR count). The topological polar surface area (TPSA) is 89.3 Å². The Morgan fingerprint density at radius 1 is 1.12 bits per heavy atom. The second-order valence-electron chi connectivity index (χ2n) is 7.25. The number of hydrogen-bond acceptors (Lipinski definition) is 5. The van der Waals surface area contributed by atoms with Crippen molar-refractivity contribution in [3.05, 3.63) is 41.9 Å². The minimum Gasteiger partial charge on any atom is -0.359 e. The fourth-order valence-corrected chi connectivity index (χ4v) is 3.36. The van der Waals surface area contributed by atoms with Crippen molar-refractivity contribution in [1.29, 1.82) is 0 Å². The molecule has 1 aromatic heterocycles. The van der Waals surface area contributed by atoms with Crippen LogP contribution in [-0.4, -0.2) is 24.2 Å². The van der Waals surface area contributed by atoms with Crippen LogP contribution in [-0.2, 0) is 20.0 Å². The molecular weight excluding hydrogens is 347 g/mol. The van der Waals surface area contributed by atoms with Gasteiger partial charge in [0, 0.05) is 11.5 Å². The van der Waals surface area contributed by atoms with Gasteiger partial charge in [0.1, 0.15) is 16.3 Å². The van der Waals surface area contributed by atoms with Crippen LogP contribution in [0.4, 0.5) is 10.2 Å². The van der Waals surface area contributed by atoms with Crippen LogP contribution in [0, 0.1) is 5.82 Å². The number of amides is 1. The van der Waals surface area contributed by atoms with Gasteiger partial charge in [-0.1, -0.05) is 25.9 Å². The van der Waals surface area contributed by atoms with Crippen LogP contribution in [0.3, 0.4) is 0 Å². The second-order valence-corrected chi connectivity index (χ2v) is 9.75. The average Bonchev–Trinajstić information content (AvgIpc) is 2.96. The highest BCUT2D eigenvalue weighted by Crippen LogP contribution is 2.28. The third-order valence-electron chi connectivity index (χ3n) is 3.83. The summed E-state index contributed by atoms with van der Waals surface area (Å²) in [5, 5.41) is 6.22. The van der Waals surface area contributed by atoms with Crippen molar-refractivity contribution in [1.82, 2.24) is 5.16 Å². The number of carbonyl (C=O) groups excluding carboxylic acids is 1. The molecule has 0 aliphatic rings. The van der Waals surface area contributed by atoms with Gasteiger partial charge in [-0.25, -0.2) is 12.8 Å². The molecular formula is C17H21FN2O4S. The van der Waals surface area contributed by atoms with E-state index in [0.717, 1.165) is 24.3 Å². The van der Waals surface area contributed by atoms with Gasteiger partial charge in [-0.2, -0.15) is 0 Å². The van der Waals surface area contributed by atoms with Gasteiger partial charge in [-0.15, -0.1) is 0 Å². The van der Waals surface area contributed by atoms with Gasteiger partial charge in [0.25, 0.3) is 0 Å². The number of nitrogens with one attached hydrogen (secondary N) is 1. The first-order chi connectivity index (χ1) is 11.4. The van der Waals surface area contributed by atoms with Crippen LogP contribution < -0.4 is 5.32 Å². The van der Waals surface area contributed by atoms with E-state index in [1.165, 1.54) is 13.8 Å². The quantitative estimate of drug-likeness (QED) is 0.837. The van der Waals surface area contributed by atoms with Crippen molar-refractivity contribution in [2.45, 2.75) is 49.7 Å². The first-order valence-corrected chi connectivity index (χ1v) is 9.13. The Balaban J connectivity index is 2.27. The highest BCUT2D eigenvalue weighted by molar-refractivity contribution is 7.93. The van der Waals surface area contributed by atoms with Gasteiger partial charge in [-0.3, -0.25) is 4.79 Å². The van der Waals surface area contributed by atoms with Gasteiger partial charge in [-0.05, 0) is 38.1 Å². The smallest absolute Gasteiger partial charge is 0.246 e. The zero-order chi connectivity index (χ0) is 19.0. The van der Waals surface area contributed by atoms with E-state index in [0.29, 0.717) is 5.76 Å². The molecule has 0 fully saturated rings. The van der Waals surface area contributed by atoms with Crippen molar-refractivity contribution < 1.29 is 22.1 Å². The molecule has 1 N–H and O–H groups in total. The molecule has 0 unspecified atom stereocenters. The second kappa shape index (κ2) is 6.25. The molecule has 8 heteroatoms. The zero-order valence-electron chi connectivity index (χ0n) is 14.8. The number of rotatable bonds is 4. The monoisotopic (exact) mass is 368 g/mol. The highest BCUT2D eigenvalue weighted by atomic mass is 32.2. The molecule has 0 radical (unpaired) electrons. The Morgan fingerprint density at radius 3 is 2.16 bits per heavy atom. The molecule has 0 saturated heterocycles. The molecule has 25 heavy (non-hydrogen) atoms. The minimum absolute atomic E-state index is 0.135. The maximum atomic E-state index is 13.0. The summed E-state index contributed by atoms with van der Waals surface area (Å²) < 4.78 is 41.9. The first-order valence-electron chi connectivity index (χ1n) is 7.64. The third kappa shape index (κ3) is 3.73. The maximum absolute atomic E-state index is 13.0. The summed E-state index contributed by atoms with van der Waals surface area (Å²) in [6, 6.07) is 5.89. The Bertz CT molecular complexity index is 878. The summed E-state index contributed by atoms with van der Waals surface area (Å²) in [6.45, 7) is 8.32. The Labute approximate surface area is 146 Å². The number of aromatic nitrogens is 1. The van der Waals surface area contributed by atoms with Gasteiger partial charge in [0.2, 0.25) is 5.91 Å². The average molecular weight is 368 g/mol. The fraction of sp³-hybridized carbons (Fsp3) is 0.412. The van der Waals surface area contributed by atoms with Crippen LogP contribution in [0.15, 0.2) is 39.8 Å². The molecule has 0 atom stereocenters. The third-order valence-corrected chi connectivity index (χ3v) is 6.26. The Kier molecular flexibility index (Phi) is 4.78. The summed E-state index contributed by atoms with van der Waals surface area (Å²) in [5.41, 5.74) is -0.300. The van der Waals surface area contributed by atoms with Crippen molar-refractivity contribution >= 4 is 21.6 Å². The van der Waals surface area contributed by atoms with Gasteiger partial charge >= 0.3 is 0 Å². The summed E-state index contributed by atoms with van der Waals surface area (Å²) >= 11 is 0. The molecule has 0 bridgehead atoms. The van der Waals surface area contributed by atoms with Gasteiger partial charge in [0.05, 0.1) is 4.90 Å². The Morgan fingerprint density at radius 2 is 1.68 bits per heavy atom. The molecule has 1 aromatic carbocycles.